The number of rotatable bonds is 5. The van der Waals surface area contributed by atoms with Crippen molar-refractivity contribution >= 4 is 46.0 Å². The summed E-state index contributed by atoms with van der Waals surface area (Å²) in [6.45, 7) is -1.57. The molecule has 0 unspecified atom stereocenters. The molecule has 6 nitrogen and oxygen atoms in total. The zero-order valence-electron chi connectivity index (χ0n) is 12.8. The van der Waals surface area contributed by atoms with Gasteiger partial charge in [-0.2, -0.15) is 13.2 Å². The predicted octanol–water partition coefficient (Wildman–Crippen LogP) is 5.00. The van der Waals surface area contributed by atoms with E-state index in [-0.39, 0.29) is 16.5 Å². The van der Waals surface area contributed by atoms with E-state index in [1.54, 1.807) is 24.3 Å². The van der Waals surface area contributed by atoms with E-state index < -0.39 is 23.4 Å². The quantitative estimate of drug-likeness (QED) is 0.414. The van der Waals surface area contributed by atoms with Gasteiger partial charge in [-0.1, -0.05) is 23.7 Å². The first-order chi connectivity index (χ1) is 12.1. The lowest BCUT2D eigenvalue weighted by Crippen LogP contribution is -2.20. The second-order valence-corrected chi connectivity index (χ2v) is 5.75. The lowest BCUT2D eigenvalue weighted by Gasteiger charge is -2.13. The van der Waals surface area contributed by atoms with Gasteiger partial charge in [0.15, 0.2) is 11.7 Å². The number of hydrogen-bond donors (Lipinski definition) is 2. The van der Waals surface area contributed by atoms with E-state index in [1.165, 1.54) is 6.07 Å². The van der Waals surface area contributed by atoms with E-state index in [4.69, 9.17) is 23.8 Å². The third-order valence-electron chi connectivity index (χ3n) is 2.88. The molecule has 0 amide bonds. The second-order valence-electron chi connectivity index (χ2n) is 4.94. The Labute approximate surface area is 156 Å². The Balaban J connectivity index is 2.16. The summed E-state index contributed by atoms with van der Waals surface area (Å²) < 4.78 is 41.4. The maximum Gasteiger partial charge on any atom is 0.422 e. The molecular formula is C15H11ClF3N3O3S. The Morgan fingerprint density at radius 1 is 1.23 bits per heavy atom. The molecule has 0 aliphatic heterocycles. The van der Waals surface area contributed by atoms with Crippen molar-refractivity contribution in [1.82, 2.24) is 0 Å². The average molecular weight is 406 g/mol. The van der Waals surface area contributed by atoms with Crippen LogP contribution in [0.1, 0.15) is 0 Å². The van der Waals surface area contributed by atoms with E-state index in [1.807, 2.05) is 0 Å². The van der Waals surface area contributed by atoms with Crippen molar-refractivity contribution in [1.29, 1.82) is 0 Å². The van der Waals surface area contributed by atoms with E-state index >= 15 is 0 Å². The van der Waals surface area contributed by atoms with Gasteiger partial charge in [0.25, 0.3) is 5.69 Å². The molecule has 0 atom stereocenters. The van der Waals surface area contributed by atoms with Crippen molar-refractivity contribution < 1.29 is 22.8 Å². The van der Waals surface area contributed by atoms with Gasteiger partial charge in [0.2, 0.25) is 0 Å². The SMILES string of the molecule is O=[N+]([O-])c1cc(NC(=S)Nc2ccccc2Cl)cc(OCC(F)(F)F)c1. The molecule has 0 radical (unpaired) electrons. The van der Waals surface area contributed by atoms with Crippen LogP contribution in [-0.4, -0.2) is 22.8 Å². The normalized spacial score (nSPS) is 10.9. The van der Waals surface area contributed by atoms with Gasteiger partial charge in [-0.15, -0.1) is 0 Å². The number of nitrogens with zero attached hydrogens (tertiary/aromatic N) is 1. The van der Waals surface area contributed by atoms with Crippen LogP contribution in [-0.2, 0) is 0 Å². The van der Waals surface area contributed by atoms with E-state index in [9.17, 15) is 23.3 Å². The number of halogens is 4. The fourth-order valence-electron chi connectivity index (χ4n) is 1.86. The molecular weight excluding hydrogens is 395 g/mol. The lowest BCUT2D eigenvalue weighted by molar-refractivity contribution is -0.384. The summed E-state index contributed by atoms with van der Waals surface area (Å²) in [5, 5.41) is 16.8. The van der Waals surface area contributed by atoms with Gasteiger partial charge >= 0.3 is 6.18 Å². The Morgan fingerprint density at radius 2 is 1.92 bits per heavy atom. The van der Waals surface area contributed by atoms with Crippen molar-refractivity contribution in [3.05, 3.63) is 57.6 Å². The molecule has 138 valence electrons. The van der Waals surface area contributed by atoms with Crippen molar-refractivity contribution in [2.75, 3.05) is 17.2 Å². The summed E-state index contributed by atoms with van der Waals surface area (Å²) in [5.74, 6) is -0.320. The Kier molecular flexibility index (Phi) is 6.22. The molecule has 0 spiro atoms. The number of para-hydroxylation sites is 1. The molecule has 2 N–H and O–H groups in total. The number of thiocarbonyl (C=S) groups is 1. The predicted molar refractivity (Wildman–Crippen MR) is 95.9 cm³/mol. The van der Waals surface area contributed by atoms with Crippen LogP contribution in [0.5, 0.6) is 5.75 Å². The fraction of sp³-hybridized carbons (Fsp3) is 0.133. The van der Waals surface area contributed by atoms with Crippen LogP contribution in [0, 0.1) is 10.1 Å². The Morgan fingerprint density at radius 3 is 2.54 bits per heavy atom. The number of nitro groups is 1. The van der Waals surface area contributed by atoms with Crippen LogP contribution in [0.3, 0.4) is 0 Å². The van der Waals surface area contributed by atoms with E-state index in [0.717, 1.165) is 12.1 Å². The molecule has 0 aliphatic rings. The van der Waals surface area contributed by atoms with Crippen molar-refractivity contribution in [3.63, 3.8) is 0 Å². The van der Waals surface area contributed by atoms with Gasteiger partial charge in [0.05, 0.1) is 27.4 Å². The molecule has 0 fully saturated rings. The third-order valence-corrected chi connectivity index (χ3v) is 3.42. The molecule has 2 aromatic rings. The van der Waals surface area contributed by atoms with Gasteiger partial charge in [0, 0.05) is 12.1 Å². The van der Waals surface area contributed by atoms with Crippen LogP contribution >= 0.6 is 23.8 Å². The fourth-order valence-corrected chi connectivity index (χ4v) is 2.27. The van der Waals surface area contributed by atoms with Crippen molar-refractivity contribution in [2.24, 2.45) is 0 Å². The van der Waals surface area contributed by atoms with Crippen LogP contribution in [0.2, 0.25) is 5.02 Å². The standard InChI is InChI=1S/C15H11ClF3N3O3S/c16-12-3-1-2-4-13(12)21-14(26)20-9-5-10(22(23)24)7-11(6-9)25-8-15(17,18)19/h1-7H,8H2,(H2,20,21,26). The van der Waals surface area contributed by atoms with Gasteiger partial charge in [-0.05, 0) is 24.4 Å². The number of nitrogens with one attached hydrogen (secondary N) is 2. The molecule has 2 rings (SSSR count). The van der Waals surface area contributed by atoms with Gasteiger partial charge in [0.1, 0.15) is 5.75 Å². The first kappa shape index (κ1) is 19.7. The highest BCUT2D eigenvalue weighted by Gasteiger charge is 2.28. The third kappa shape index (κ3) is 6.05. The summed E-state index contributed by atoms with van der Waals surface area (Å²) in [7, 11) is 0. The highest BCUT2D eigenvalue weighted by molar-refractivity contribution is 7.80. The van der Waals surface area contributed by atoms with Crippen molar-refractivity contribution in [2.45, 2.75) is 6.18 Å². The topological polar surface area (TPSA) is 76.4 Å². The van der Waals surface area contributed by atoms with Crippen LogP contribution < -0.4 is 15.4 Å². The number of ether oxygens (including phenoxy) is 1. The molecule has 0 bridgehead atoms. The number of benzene rings is 2. The number of hydrogen-bond acceptors (Lipinski definition) is 4. The summed E-state index contributed by atoms with van der Waals surface area (Å²) >= 11 is 11.1. The van der Waals surface area contributed by atoms with Gasteiger partial charge in [-0.25, -0.2) is 0 Å². The maximum atomic E-state index is 12.3. The lowest BCUT2D eigenvalue weighted by atomic mass is 10.2. The highest BCUT2D eigenvalue weighted by Crippen LogP contribution is 2.28. The minimum Gasteiger partial charge on any atom is -0.484 e. The number of nitro benzene ring substituents is 1. The monoisotopic (exact) mass is 405 g/mol. The molecule has 2 aromatic carbocycles. The average Bonchev–Trinajstić information content (AvgIpc) is 2.54. The minimum atomic E-state index is -4.57. The first-order valence-corrected chi connectivity index (χ1v) is 7.74. The van der Waals surface area contributed by atoms with Crippen LogP contribution in [0.15, 0.2) is 42.5 Å². The first-order valence-electron chi connectivity index (χ1n) is 6.95. The summed E-state index contributed by atoms with van der Waals surface area (Å²) in [6.07, 6.45) is -4.57. The Hall–Kier alpha value is -2.59. The molecule has 11 heteroatoms. The summed E-state index contributed by atoms with van der Waals surface area (Å²) in [5.41, 5.74) is 0.124. The highest BCUT2D eigenvalue weighted by atomic mass is 35.5. The summed E-state index contributed by atoms with van der Waals surface area (Å²) in [4.78, 5) is 10.2. The number of alkyl halides is 3. The second kappa shape index (κ2) is 8.19. The van der Waals surface area contributed by atoms with Crippen LogP contribution in [0.25, 0.3) is 0 Å². The van der Waals surface area contributed by atoms with Gasteiger partial charge in [-0.3, -0.25) is 10.1 Å². The molecule has 0 saturated heterocycles. The molecule has 0 aliphatic carbocycles. The largest absolute Gasteiger partial charge is 0.484 e. The number of anilines is 2. The minimum absolute atomic E-state index is 0.0420. The molecule has 0 heterocycles. The zero-order valence-corrected chi connectivity index (χ0v) is 14.4. The zero-order chi connectivity index (χ0) is 19.3. The van der Waals surface area contributed by atoms with E-state index in [2.05, 4.69) is 15.4 Å². The molecule has 26 heavy (non-hydrogen) atoms. The smallest absolute Gasteiger partial charge is 0.422 e. The van der Waals surface area contributed by atoms with Crippen LogP contribution in [0.4, 0.5) is 30.2 Å². The maximum absolute atomic E-state index is 12.3. The Bertz CT molecular complexity index is 833. The van der Waals surface area contributed by atoms with E-state index in [0.29, 0.717) is 10.7 Å². The molecule has 0 saturated carbocycles. The summed E-state index contributed by atoms with van der Waals surface area (Å²) in [6, 6.07) is 9.88. The number of non-ortho nitro benzene ring substituents is 1. The molecule has 0 aromatic heterocycles. The van der Waals surface area contributed by atoms with Gasteiger partial charge < -0.3 is 15.4 Å². The van der Waals surface area contributed by atoms with Crippen molar-refractivity contribution in [3.8, 4) is 5.75 Å².